The Morgan fingerprint density at radius 3 is 2.76 bits per heavy atom. The second-order valence-electron chi connectivity index (χ2n) is 5.61. The van der Waals surface area contributed by atoms with Crippen molar-refractivity contribution in [3.05, 3.63) is 42.5 Å². The monoisotopic (exact) mass is 342 g/mol. The zero-order valence-corrected chi connectivity index (χ0v) is 14.3. The summed E-state index contributed by atoms with van der Waals surface area (Å²) in [7, 11) is 0. The smallest absolute Gasteiger partial charge is 0.409 e. The lowest BCUT2D eigenvalue weighted by molar-refractivity contribution is 0.105. The van der Waals surface area contributed by atoms with E-state index < -0.39 is 0 Å². The second-order valence-corrected chi connectivity index (χ2v) is 5.61. The molecular weight excluding hydrogens is 320 g/mol. The SMILES string of the molecule is CCOC(=O)N1CCN(c2cc(NCc3ccccn3)ncn2)CC1. The van der Waals surface area contributed by atoms with Gasteiger partial charge in [0.25, 0.3) is 0 Å². The average Bonchev–Trinajstić information content (AvgIpc) is 2.68. The Balaban J connectivity index is 1.56. The minimum absolute atomic E-state index is 0.248. The normalized spacial score (nSPS) is 14.3. The molecule has 1 N–H and O–H groups in total. The number of ether oxygens (including phenoxy) is 1. The van der Waals surface area contributed by atoms with E-state index in [0.29, 0.717) is 26.2 Å². The van der Waals surface area contributed by atoms with Gasteiger partial charge < -0.3 is 19.9 Å². The van der Waals surface area contributed by atoms with Gasteiger partial charge in [-0.25, -0.2) is 14.8 Å². The first kappa shape index (κ1) is 16.9. The fourth-order valence-electron chi connectivity index (χ4n) is 2.63. The highest BCUT2D eigenvalue weighted by atomic mass is 16.6. The molecule has 0 aliphatic carbocycles. The number of hydrogen-bond acceptors (Lipinski definition) is 7. The summed E-state index contributed by atoms with van der Waals surface area (Å²) in [6.07, 6.45) is 3.07. The van der Waals surface area contributed by atoms with E-state index in [0.717, 1.165) is 30.4 Å². The molecule has 0 radical (unpaired) electrons. The molecular formula is C17H22N6O2. The molecule has 1 aliphatic heterocycles. The van der Waals surface area contributed by atoms with Crippen LogP contribution in [0.4, 0.5) is 16.4 Å². The van der Waals surface area contributed by atoms with Crippen molar-refractivity contribution in [3.8, 4) is 0 Å². The molecule has 8 heteroatoms. The van der Waals surface area contributed by atoms with Crippen molar-refractivity contribution in [2.24, 2.45) is 0 Å². The van der Waals surface area contributed by atoms with Gasteiger partial charge in [0, 0.05) is 38.4 Å². The first-order chi connectivity index (χ1) is 12.3. The molecule has 0 saturated carbocycles. The van der Waals surface area contributed by atoms with Gasteiger partial charge in [0.05, 0.1) is 18.8 Å². The lowest BCUT2D eigenvalue weighted by Gasteiger charge is -2.34. The molecule has 3 heterocycles. The van der Waals surface area contributed by atoms with Crippen LogP contribution < -0.4 is 10.2 Å². The van der Waals surface area contributed by atoms with Crippen molar-refractivity contribution in [3.63, 3.8) is 0 Å². The van der Waals surface area contributed by atoms with Crippen molar-refractivity contribution in [2.45, 2.75) is 13.5 Å². The lowest BCUT2D eigenvalue weighted by atomic mass is 10.3. The number of nitrogens with zero attached hydrogens (tertiary/aromatic N) is 5. The molecule has 8 nitrogen and oxygen atoms in total. The second kappa shape index (κ2) is 8.27. The van der Waals surface area contributed by atoms with Crippen LogP contribution in [0.15, 0.2) is 36.8 Å². The molecule has 1 aliphatic rings. The van der Waals surface area contributed by atoms with E-state index in [9.17, 15) is 4.79 Å². The quantitative estimate of drug-likeness (QED) is 0.886. The summed E-state index contributed by atoms with van der Waals surface area (Å²) in [5.74, 6) is 1.60. The lowest BCUT2D eigenvalue weighted by Crippen LogP contribution is -2.49. The van der Waals surface area contributed by atoms with E-state index in [2.05, 4.69) is 25.2 Å². The van der Waals surface area contributed by atoms with Gasteiger partial charge in [0.1, 0.15) is 18.0 Å². The van der Waals surface area contributed by atoms with Crippen molar-refractivity contribution < 1.29 is 9.53 Å². The number of carbonyl (C=O) groups excluding carboxylic acids is 1. The molecule has 132 valence electrons. The summed E-state index contributed by atoms with van der Waals surface area (Å²) in [6.45, 7) is 5.50. The number of hydrogen-bond donors (Lipinski definition) is 1. The van der Waals surface area contributed by atoms with Crippen LogP contribution >= 0.6 is 0 Å². The molecule has 0 bridgehead atoms. The van der Waals surface area contributed by atoms with E-state index in [4.69, 9.17) is 4.74 Å². The Bertz CT molecular complexity index is 689. The van der Waals surface area contributed by atoms with Crippen LogP contribution in [0.25, 0.3) is 0 Å². The number of pyridine rings is 1. The Labute approximate surface area is 146 Å². The maximum absolute atomic E-state index is 11.8. The number of aromatic nitrogens is 3. The zero-order valence-electron chi connectivity index (χ0n) is 14.3. The number of piperazine rings is 1. The molecule has 1 saturated heterocycles. The van der Waals surface area contributed by atoms with Gasteiger partial charge in [0.15, 0.2) is 0 Å². The van der Waals surface area contributed by atoms with E-state index in [1.165, 1.54) is 0 Å². The minimum Gasteiger partial charge on any atom is -0.450 e. The van der Waals surface area contributed by atoms with Gasteiger partial charge in [-0.3, -0.25) is 4.98 Å². The maximum Gasteiger partial charge on any atom is 0.409 e. The van der Waals surface area contributed by atoms with Crippen LogP contribution in [0, 0.1) is 0 Å². The van der Waals surface area contributed by atoms with Crippen LogP contribution in [0.1, 0.15) is 12.6 Å². The van der Waals surface area contributed by atoms with E-state index in [1.807, 2.05) is 31.2 Å². The summed E-state index contributed by atoms with van der Waals surface area (Å²) in [4.78, 5) is 28.5. The van der Waals surface area contributed by atoms with Crippen LogP contribution in [0.3, 0.4) is 0 Å². The topological polar surface area (TPSA) is 83.5 Å². The third-order valence-corrected chi connectivity index (χ3v) is 3.96. The average molecular weight is 342 g/mol. The van der Waals surface area contributed by atoms with Gasteiger partial charge in [-0.05, 0) is 19.1 Å². The van der Waals surface area contributed by atoms with Crippen LogP contribution in [-0.2, 0) is 11.3 Å². The largest absolute Gasteiger partial charge is 0.450 e. The van der Waals surface area contributed by atoms with Gasteiger partial charge in [-0.1, -0.05) is 6.07 Å². The van der Waals surface area contributed by atoms with E-state index in [-0.39, 0.29) is 6.09 Å². The molecule has 25 heavy (non-hydrogen) atoms. The summed E-state index contributed by atoms with van der Waals surface area (Å²) in [6, 6.07) is 7.73. The highest BCUT2D eigenvalue weighted by Gasteiger charge is 2.22. The summed E-state index contributed by atoms with van der Waals surface area (Å²) in [5.41, 5.74) is 0.950. The molecule has 0 spiro atoms. The van der Waals surface area contributed by atoms with Gasteiger partial charge in [-0.15, -0.1) is 0 Å². The van der Waals surface area contributed by atoms with Gasteiger partial charge in [0.2, 0.25) is 0 Å². The van der Waals surface area contributed by atoms with Gasteiger partial charge >= 0.3 is 6.09 Å². The minimum atomic E-state index is -0.248. The zero-order chi connectivity index (χ0) is 17.5. The van der Waals surface area contributed by atoms with Crippen molar-refractivity contribution in [2.75, 3.05) is 43.0 Å². The summed E-state index contributed by atoms with van der Waals surface area (Å²) in [5, 5.41) is 3.26. The molecule has 0 atom stereocenters. The molecule has 1 fully saturated rings. The summed E-state index contributed by atoms with van der Waals surface area (Å²) < 4.78 is 5.04. The number of amides is 1. The standard InChI is InChI=1S/C17H22N6O2/c1-2-25-17(24)23-9-7-22(8-10-23)16-11-15(20-13-21-16)19-12-14-5-3-4-6-18-14/h3-6,11,13H,2,7-10,12H2,1H3,(H,19,20,21). The number of carbonyl (C=O) groups is 1. The molecule has 0 unspecified atom stereocenters. The fraction of sp³-hybridized carbons (Fsp3) is 0.412. The van der Waals surface area contributed by atoms with Crippen molar-refractivity contribution in [1.82, 2.24) is 19.9 Å². The van der Waals surface area contributed by atoms with Crippen molar-refractivity contribution in [1.29, 1.82) is 0 Å². The number of nitrogens with one attached hydrogen (secondary N) is 1. The Kier molecular flexibility index (Phi) is 5.61. The summed E-state index contributed by atoms with van der Waals surface area (Å²) >= 11 is 0. The predicted molar refractivity (Wildman–Crippen MR) is 94.4 cm³/mol. The highest BCUT2D eigenvalue weighted by molar-refractivity contribution is 5.68. The third kappa shape index (κ3) is 4.56. The van der Waals surface area contributed by atoms with E-state index in [1.54, 1.807) is 17.4 Å². The third-order valence-electron chi connectivity index (χ3n) is 3.96. The maximum atomic E-state index is 11.8. The molecule has 2 aromatic heterocycles. The van der Waals surface area contributed by atoms with Crippen LogP contribution in [0.5, 0.6) is 0 Å². The molecule has 0 aromatic carbocycles. The first-order valence-corrected chi connectivity index (χ1v) is 8.38. The molecule has 1 amide bonds. The highest BCUT2D eigenvalue weighted by Crippen LogP contribution is 2.17. The Morgan fingerprint density at radius 2 is 2.04 bits per heavy atom. The Hall–Kier alpha value is -2.90. The van der Waals surface area contributed by atoms with Crippen LogP contribution in [-0.4, -0.2) is 58.7 Å². The number of anilines is 2. The fourth-order valence-corrected chi connectivity index (χ4v) is 2.63. The van der Waals surface area contributed by atoms with Crippen LogP contribution in [0.2, 0.25) is 0 Å². The molecule has 3 rings (SSSR count). The van der Waals surface area contributed by atoms with Gasteiger partial charge in [-0.2, -0.15) is 0 Å². The van der Waals surface area contributed by atoms with E-state index >= 15 is 0 Å². The molecule has 2 aromatic rings. The van der Waals surface area contributed by atoms with Crippen molar-refractivity contribution >= 4 is 17.7 Å². The predicted octanol–water partition coefficient (Wildman–Crippen LogP) is 1.76. The first-order valence-electron chi connectivity index (χ1n) is 8.38. The number of rotatable bonds is 5. The Morgan fingerprint density at radius 1 is 1.20 bits per heavy atom.